The molecule has 1 heterocycles. The molecule has 2 aromatic rings. The van der Waals surface area contributed by atoms with Crippen molar-refractivity contribution < 1.29 is 0 Å². The van der Waals surface area contributed by atoms with Crippen LogP contribution in [0.4, 0.5) is 0 Å². The third-order valence-corrected chi connectivity index (χ3v) is 3.63. The van der Waals surface area contributed by atoms with Gasteiger partial charge in [-0.25, -0.2) is 4.68 Å². The molecule has 1 aromatic carbocycles. The summed E-state index contributed by atoms with van der Waals surface area (Å²) < 4.78 is 2.85. The van der Waals surface area contributed by atoms with E-state index in [1.807, 2.05) is 18.3 Å². The highest BCUT2D eigenvalue weighted by Gasteiger charge is 2.07. The molecular formula is C12H15BrN4. The number of nitrogens with zero attached hydrogens (tertiary/aromatic N) is 3. The molecule has 0 aliphatic rings. The van der Waals surface area contributed by atoms with E-state index in [0.29, 0.717) is 6.54 Å². The fraction of sp³-hybridized carbons (Fsp3) is 0.333. The second-order valence-corrected chi connectivity index (χ2v) is 4.75. The maximum atomic E-state index is 5.48. The van der Waals surface area contributed by atoms with Crippen molar-refractivity contribution in [1.29, 1.82) is 0 Å². The molecule has 0 fully saturated rings. The van der Waals surface area contributed by atoms with Crippen molar-refractivity contribution in [3.05, 3.63) is 40.1 Å². The minimum Gasteiger partial charge on any atom is -0.330 e. The average Bonchev–Trinajstić information content (AvgIpc) is 2.78. The molecule has 90 valence electrons. The van der Waals surface area contributed by atoms with Crippen LogP contribution in [0.25, 0.3) is 5.69 Å². The van der Waals surface area contributed by atoms with E-state index in [2.05, 4.69) is 39.2 Å². The molecule has 0 spiro atoms. The Hall–Kier alpha value is -1.20. The summed E-state index contributed by atoms with van der Waals surface area (Å²) in [6, 6.07) is 6.08. The van der Waals surface area contributed by atoms with E-state index in [9.17, 15) is 0 Å². The first-order valence-corrected chi connectivity index (χ1v) is 6.38. The van der Waals surface area contributed by atoms with Gasteiger partial charge in [-0.2, -0.15) is 0 Å². The molecule has 0 amide bonds. The summed E-state index contributed by atoms with van der Waals surface area (Å²) in [5.41, 5.74) is 8.64. The van der Waals surface area contributed by atoms with Crippen molar-refractivity contribution in [2.24, 2.45) is 5.73 Å². The smallest absolute Gasteiger partial charge is 0.0832 e. The summed E-state index contributed by atoms with van der Waals surface area (Å²) in [7, 11) is 0. The van der Waals surface area contributed by atoms with Crippen LogP contribution in [0.3, 0.4) is 0 Å². The largest absolute Gasteiger partial charge is 0.330 e. The third kappa shape index (κ3) is 2.73. The second kappa shape index (κ2) is 5.42. The van der Waals surface area contributed by atoms with E-state index in [0.717, 1.165) is 28.7 Å². The number of aromatic nitrogens is 3. The lowest BCUT2D eigenvalue weighted by Gasteiger charge is -2.05. The normalized spacial score (nSPS) is 10.8. The fourth-order valence-corrected chi connectivity index (χ4v) is 2.07. The number of halogens is 1. The van der Waals surface area contributed by atoms with Crippen LogP contribution in [-0.4, -0.2) is 21.5 Å². The second-order valence-electron chi connectivity index (χ2n) is 3.95. The molecule has 4 nitrogen and oxygen atoms in total. The summed E-state index contributed by atoms with van der Waals surface area (Å²) in [4.78, 5) is 0. The molecule has 0 aliphatic heterocycles. The van der Waals surface area contributed by atoms with E-state index >= 15 is 0 Å². The predicted octanol–water partition coefficient (Wildman–Crippen LogP) is 2.23. The Bertz CT molecular complexity index is 507. The van der Waals surface area contributed by atoms with E-state index in [1.54, 1.807) is 4.68 Å². The van der Waals surface area contributed by atoms with Gasteiger partial charge in [-0.3, -0.25) is 0 Å². The number of hydrogen-bond donors (Lipinski definition) is 1. The van der Waals surface area contributed by atoms with Crippen LogP contribution in [0.15, 0.2) is 28.9 Å². The lowest BCUT2D eigenvalue weighted by atomic mass is 10.2. The quantitative estimate of drug-likeness (QED) is 0.941. The number of rotatable bonds is 4. The van der Waals surface area contributed by atoms with Gasteiger partial charge in [-0.1, -0.05) is 17.3 Å². The highest BCUT2D eigenvalue weighted by atomic mass is 79.9. The van der Waals surface area contributed by atoms with Gasteiger partial charge in [0.15, 0.2) is 0 Å². The molecule has 0 unspecified atom stereocenters. The molecule has 0 bridgehead atoms. The van der Waals surface area contributed by atoms with Crippen molar-refractivity contribution in [3.63, 3.8) is 0 Å². The zero-order valence-electron chi connectivity index (χ0n) is 9.73. The molecule has 2 N–H and O–H groups in total. The van der Waals surface area contributed by atoms with E-state index in [1.165, 1.54) is 5.56 Å². The monoisotopic (exact) mass is 294 g/mol. The standard InChI is InChI=1S/C12H15BrN4/c1-9-4-2-6-11(12(9)13)17-8-10(15-16-17)5-3-7-14/h2,4,6,8H,3,5,7,14H2,1H3. The van der Waals surface area contributed by atoms with E-state index in [4.69, 9.17) is 5.73 Å². The summed E-state index contributed by atoms with van der Waals surface area (Å²) in [5.74, 6) is 0. The van der Waals surface area contributed by atoms with Gasteiger partial charge in [0.25, 0.3) is 0 Å². The predicted molar refractivity (Wildman–Crippen MR) is 71.2 cm³/mol. The number of nitrogens with two attached hydrogens (primary N) is 1. The van der Waals surface area contributed by atoms with Gasteiger partial charge in [0, 0.05) is 4.47 Å². The van der Waals surface area contributed by atoms with E-state index in [-0.39, 0.29) is 0 Å². The SMILES string of the molecule is Cc1cccc(-n2cc(CCCN)nn2)c1Br. The molecule has 0 saturated heterocycles. The molecule has 5 heteroatoms. The van der Waals surface area contributed by atoms with Gasteiger partial charge in [-0.05, 0) is 53.9 Å². The molecule has 17 heavy (non-hydrogen) atoms. The van der Waals surface area contributed by atoms with Crippen LogP contribution < -0.4 is 5.73 Å². The Balaban J connectivity index is 2.27. The maximum absolute atomic E-state index is 5.48. The Morgan fingerprint density at radius 3 is 3.00 bits per heavy atom. The molecule has 0 aliphatic carbocycles. The van der Waals surface area contributed by atoms with Gasteiger partial charge >= 0.3 is 0 Å². The lowest BCUT2D eigenvalue weighted by Crippen LogP contribution is -2.00. The Morgan fingerprint density at radius 1 is 1.41 bits per heavy atom. The van der Waals surface area contributed by atoms with Crippen molar-refractivity contribution in [2.75, 3.05) is 6.54 Å². The van der Waals surface area contributed by atoms with Crippen LogP contribution in [0.2, 0.25) is 0 Å². The average molecular weight is 295 g/mol. The summed E-state index contributed by atoms with van der Waals surface area (Å²) in [5, 5.41) is 8.27. The van der Waals surface area contributed by atoms with Gasteiger partial charge in [0.2, 0.25) is 0 Å². The van der Waals surface area contributed by atoms with Gasteiger partial charge < -0.3 is 5.73 Å². The summed E-state index contributed by atoms with van der Waals surface area (Å²) in [6.07, 6.45) is 3.77. The summed E-state index contributed by atoms with van der Waals surface area (Å²) >= 11 is 3.57. The number of aryl methyl sites for hydroxylation is 2. The van der Waals surface area contributed by atoms with Gasteiger partial charge in [-0.15, -0.1) is 5.10 Å². The Kier molecular flexibility index (Phi) is 3.91. The molecule has 0 radical (unpaired) electrons. The van der Waals surface area contributed by atoms with Crippen molar-refractivity contribution >= 4 is 15.9 Å². The number of benzene rings is 1. The minimum atomic E-state index is 0.682. The van der Waals surface area contributed by atoms with Gasteiger partial charge in [0.05, 0.1) is 17.6 Å². The molecule has 1 aromatic heterocycles. The third-order valence-electron chi connectivity index (χ3n) is 2.60. The lowest BCUT2D eigenvalue weighted by molar-refractivity contribution is 0.777. The van der Waals surface area contributed by atoms with Crippen molar-refractivity contribution in [3.8, 4) is 5.69 Å². The Morgan fingerprint density at radius 2 is 2.24 bits per heavy atom. The van der Waals surface area contributed by atoms with Crippen molar-refractivity contribution in [1.82, 2.24) is 15.0 Å². The van der Waals surface area contributed by atoms with Crippen LogP contribution in [0.1, 0.15) is 17.7 Å². The van der Waals surface area contributed by atoms with Crippen molar-refractivity contribution in [2.45, 2.75) is 19.8 Å². The van der Waals surface area contributed by atoms with Gasteiger partial charge in [0.1, 0.15) is 0 Å². The fourth-order valence-electron chi connectivity index (χ4n) is 1.62. The highest BCUT2D eigenvalue weighted by Crippen LogP contribution is 2.23. The zero-order chi connectivity index (χ0) is 12.3. The van der Waals surface area contributed by atoms with E-state index < -0.39 is 0 Å². The maximum Gasteiger partial charge on any atom is 0.0832 e. The minimum absolute atomic E-state index is 0.682. The first kappa shape index (κ1) is 12.3. The van der Waals surface area contributed by atoms with Crippen LogP contribution in [0, 0.1) is 6.92 Å². The Labute approximate surface area is 109 Å². The topological polar surface area (TPSA) is 56.7 Å². The summed E-state index contributed by atoms with van der Waals surface area (Å²) in [6.45, 7) is 2.74. The zero-order valence-corrected chi connectivity index (χ0v) is 11.3. The molecular weight excluding hydrogens is 280 g/mol. The van der Waals surface area contributed by atoms with Crippen LogP contribution in [0.5, 0.6) is 0 Å². The molecule has 2 rings (SSSR count). The van der Waals surface area contributed by atoms with Crippen LogP contribution >= 0.6 is 15.9 Å². The molecule has 0 atom stereocenters. The first-order chi connectivity index (χ1) is 8.22. The molecule has 0 saturated carbocycles. The number of hydrogen-bond acceptors (Lipinski definition) is 3. The highest BCUT2D eigenvalue weighted by molar-refractivity contribution is 9.10. The van der Waals surface area contributed by atoms with Crippen LogP contribution in [-0.2, 0) is 6.42 Å². The first-order valence-electron chi connectivity index (χ1n) is 5.59.